The molecule has 2 aliphatic heterocycles. The van der Waals surface area contributed by atoms with E-state index in [9.17, 15) is 14.7 Å². The molecule has 0 saturated carbocycles. The van der Waals surface area contributed by atoms with Crippen molar-refractivity contribution in [2.75, 3.05) is 26.2 Å². The molecule has 2 N–H and O–H groups in total. The smallest absolute Gasteiger partial charge is 0.251 e. The number of rotatable bonds is 5. The standard InChI is InChI=1S/C25H29Cl2N3O3/c1-16-22(29-11-8-17(9-12-29)19-4-2-3-5-23(19)31)10-13-30(16)24(32)15-28-25(33)18-6-7-20(26)21(27)14-18/h2-7,14,16-17,22,31H,8-13,15H2,1H3,(H,28,33)/t16-,22+/m0/s1. The maximum absolute atomic E-state index is 12.8. The molecular weight excluding hydrogens is 461 g/mol. The van der Waals surface area contributed by atoms with Crippen molar-refractivity contribution in [1.29, 1.82) is 0 Å². The molecule has 2 aliphatic rings. The predicted octanol–water partition coefficient (Wildman–Crippen LogP) is 4.30. The van der Waals surface area contributed by atoms with Crippen LogP contribution in [0.4, 0.5) is 0 Å². The van der Waals surface area contributed by atoms with Crippen LogP contribution in [0, 0.1) is 0 Å². The number of para-hydroxylation sites is 1. The molecule has 4 rings (SSSR count). The molecule has 2 aromatic carbocycles. The summed E-state index contributed by atoms with van der Waals surface area (Å²) in [7, 11) is 0. The molecule has 0 bridgehead atoms. The van der Waals surface area contributed by atoms with E-state index in [1.807, 2.05) is 23.1 Å². The van der Waals surface area contributed by atoms with Crippen molar-refractivity contribution in [3.8, 4) is 5.75 Å². The van der Waals surface area contributed by atoms with Gasteiger partial charge >= 0.3 is 0 Å². The number of hydrogen-bond acceptors (Lipinski definition) is 4. The fourth-order valence-corrected chi connectivity index (χ4v) is 5.43. The van der Waals surface area contributed by atoms with E-state index < -0.39 is 0 Å². The highest BCUT2D eigenvalue weighted by molar-refractivity contribution is 6.42. The normalized spacial score (nSPS) is 21.8. The van der Waals surface area contributed by atoms with Crippen LogP contribution in [0.25, 0.3) is 0 Å². The molecule has 8 heteroatoms. The topological polar surface area (TPSA) is 72.9 Å². The van der Waals surface area contributed by atoms with E-state index in [4.69, 9.17) is 23.2 Å². The van der Waals surface area contributed by atoms with Gasteiger partial charge in [-0.3, -0.25) is 14.5 Å². The summed E-state index contributed by atoms with van der Waals surface area (Å²) in [6.45, 7) is 4.62. The molecule has 0 aromatic heterocycles. The molecule has 0 radical (unpaired) electrons. The van der Waals surface area contributed by atoms with Gasteiger partial charge in [-0.1, -0.05) is 41.4 Å². The van der Waals surface area contributed by atoms with Gasteiger partial charge in [-0.2, -0.15) is 0 Å². The SMILES string of the molecule is C[C@H]1[C@H](N2CCC(c3ccccc3O)CC2)CCN1C(=O)CNC(=O)c1ccc(Cl)c(Cl)c1. The van der Waals surface area contributed by atoms with E-state index in [0.717, 1.165) is 37.9 Å². The van der Waals surface area contributed by atoms with Crippen LogP contribution < -0.4 is 5.32 Å². The van der Waals surface area contributed by atoms with E-state index in [1.165, 1.54) is 6.07 Å². The number of amides is 2. The van der Waals surface area contributed by atoms with Gasteiger partial charge in [-0.15, -0.1) is 0 Å². The molecular formula is C25H29Cl2N3O3. The zero-order valence-corrected chi connectivity index (χ0v) is 20.1. The Morgan fingerprint density at radius 3 is 2.45 bits per heavy atom. The van der Waals surface area contributed by atoms with Crippen molar-refractivity contribution in [2.45, 2.75) is 44.2 Å². The van der Waals surface area contributed by atoms with Crippen molar-refractivity contribution >= 4 is 35.0 Å². The zero-order valence-electron chi connectivity index (χ0n) is 18.6. The summed E-state index contributed by atoms with van der Waals surface area (Å²) in [5, 5.41) is 13.5. The van der Waals surface area contributed by atoms with Crippen LogP contribution in [0.2, 0.25) is 10.0 Å². The Morgan fingerprint density at radius 2 is 1.76 bits per heavy atom. The number of piperidine rings is 1. The maximum atomic E-state index is 12.8. The van der Waals surface area contributed by atoms with Gasteiger partial charge in [0.15, 0.2) is 0 Å². The minimum atomic E-state index is -0.350. The van der Waals surface area contributed by atoms with Crippen LogP contribution >= 0.6 is 23.2 Å². The number of hydrogen-bond donors (Lipinski definition) is 2. The highest BCUT2D eigenvalue weighted by atomic mass is 35.5. The first-order valence-corrected chi connectivity index (χ1v) is 12.2. The van der Waals surface area contributed by atoms with E-state index >= 15 is 0 Å². The molecule has 0 unspecified atom stereocenters. The van der Waals surface area contributed by atoms with Gasteiger partial charge < -0.3 is 15.3 Å². The number of likely N-dealkylation sites (tertiary alicyclic amines) is 2. The number of halogens is 2. The molecule has 176 valence electrons. The maximum Gasteiger partial charge on any atom is 0.251 e. The van der Waals surface area contributed by atoms with E-state index in [1.54, 1.807) is 18.2 Å². The Bertz CT molecular complexity index is 1020. The minimum absolute atomic E-state index is 0.0501. The van der Waals surface area contributed by atoms with Crippen LogP contribution in [0.1, 0.15) is 48.0 Å². The lowest BCUT2D eigenvalue weighted by Crippen LogP contribution is -2.49. The molecule has 0 aliphatic carbocycles. The molecule has 2 heterocycles. The summed E-state index contributed by atoms with van der Waals surface area (Å²) < 4.78 is 0. The van der Waals surface area contributed by atoms with Gasteiger partial charge in [0.05, 0.1) is 16.6 Å². The third-order valence-corrected chi connectivity index (χ3v) is 7.73. The predicted molar refractivity (Wildman–Crippen MR) is 130 cm³/mol. The van der Waals surface area contributed by atoms with Crippen molar-refractivity contribution in [2.24, 2.45) is 0 Å². The van der Waals surface area contributed by atoms with Crippen molar-refractivity contribution in [1.82, 2.24) is 15.1 Å². The molecule has 2 amide bonds. The van der Waals surface area contributed by atoms with Gasteiger partial charge in [0.2, 0.25) is 5.91 Å². The number of carbonyl (C=O) groups is 2. The van der Waals surface area contributed by atoms with Gasteiger partial charge in [-0.05, 0) is 75.0 Å². The zero-order chi connectivity index (χ0) is 23.5. The molecule has 2 saturated heterocycles. The van der Waals surface area contributed by atoms with Gasteiger partial charge in [0, 0.05) is 24.2 Å². The average Bonchev–Trinajstić information content (AvgIpc) is 3.21. The van der Waals surface area contributed by atoms with E-state index in [2.05, 4.69) is 17.1 Å². The second kappa shape index (κ2) is 10.3. The highest BCUT2D eigenvalue weighted by Crippen LogP contribution is 2.35. The Labute approximate surface area is 204 Å². The third-order valence-electron chi connectivity index (χ3n) is 6.99. The number of aromatic hydroxyl groups is 1. The average molecular weight is 490 g/mol. The van der Waals surface area contributed by atoms with Crippen LogP contribution in [0.15, 0.2) is 42.5 Å². The summed E-state index contributed by atoms with van der Waals surface area (Å²) in [6, 6.07) is 12.6. The first kappa shape index (κ1) is 23.9. The lowest BCUT2D eigenvalue weighted by atomic mass is 9.88. The van der Waals surface area contributed by atoms with Crippen molar-refractivity contribution in [3.63, 3.8) is 0 Å². The van der Waals surface area contributed by atoms with Crippen molar-refractivity contribution < 1.29 is 14.7 Å². The molecule has 2 atom stereocenters. The molecule has 0 spiro atoms. The number of benzene rings is 2. The third kappa shape index (κ3) is 5.29. The second-order valence-electron chi connectivity index (χ2n) is 8.86. The second-order valence-corrected chi connectivity index (χ2v) is 9.68. The molecule has 2 fully saturated rings. The monoisotopic (exact) mass is 489 g/mol. The molecule has 33 heavy (non-hydrogen) atoms. The summed E-state index contributed by atoms with van der Waals surface area (Å²) in [5.41, 5.74) is 1.41. The van der Waals surface area contributed by atoms with E-state index in [-0.39, 0.29) is 24.4 Å². The lowest BCUT2D eigenvalue weighted by molar-refractivity contribution is -0.131. The van der Waals surface area contributed by atoms with Crippen LogP contribution in [0.5, 0.6) is 5.75 Å². The number of phenolic OH excluding ortho intramolecular Hbond substituents is 1. The molecule has 6 nitrogen and oxygen atoms in total. The Hall–Kier alpha value is -2.28. The first-order valence-electron chi connectivity index (χ1n) is 11.4. The highest BCUT2D eigenvalue weighted by Gasteiger charge is 2.38. The minimum Gasteiger partial charge on any atom is -0.508 e. The van der Waals surface area contributed by atoms with Gasteiger partial charge in [-0.25, -0.2) is 0 Å². The number of carbonyl (C=O) groups excluding carboxylic acids is 2. The fourth-order valence-electron chi connectivity index (χ4n) is 5.14. The van der Waals surface area contributed by atoms with Gasteiger partial charge in [0.25, 0.3) is 5.91 Å². The molecule has 2 aromatic rings. The Kier molecular flexibility index (Phi) is 7.47. The lowest BCUT2D eigenvalue weighted by Gasteiger charge is -2.38. The van der Waals surface area contributed by atoms with Crippen LogP contribution in [-0.2, 0) is 4.79 Å². The summed E-state index contributed by atoms with van der Waals surface area (Å²) in [6.07, 6.45) is 2.91. The number of nitrogens with zero attached hydrogens (tertiary/aromatic N) is 2. The number of nitrogens with one attached hydrogen (secondary N) is 1. The van der Waals surface area contributed by atoms with Crippen LogP contribution in [-0.4, -0.2) is 65.0 Å². The summed E-state index contributed by atoms with van der Waals surface area (Å²) in [5.74, 6) is 0.317. The summed E-state index contributed by atoms with van der Waals surface area (Å²) >= 11 is 11.9. The first-order chi connectivity index (χ1) is 15.8. The summed E-state index contributed by atoms with van der Waals surface area (Å²) in [4.78, 5) is 29.6. The Balaban J connectivity index is 1.28. The number of phenols is 1. The van der Waals surface area contributed by atoms with Gasteiger partial charge in [0.1, 0.15) is 5.75 Å². The quantitative estimate of drug-likeness (QED) is 0.656. The van der Waals surface area contributed by atoms with E-state index in [0.29, 0.717) is 39.9 Å². The van der Waals surface area contributed by atoms with Crippen molar-refractivity contribution in [3.05, 3.63) is 63.6 Å². The fraction of sp³-hybridized carbons (Fsp3) is 0.440. The largest absolute Gasteiger partial charge is 0.508 e. The van der Waals surface area contributed by atoms with Crippen LogP contribution in [0.3, 0.4) is 0 Å². The Morgan fingerprint density at radius 1 is 1.03 bits per heavy atom.